The SMILES string of the molecule is CC(C)(c1ccc(Cl)c(Cl)c1)c1cnc(SCc2c(F)cccc2Cl)n1CCO. The third kappa shape index (κ3) is 4.75. The molecule has 1 heterocycles. The Kier molecular flexibility index (Phi) is 7.18. The quantitative estimate of drug-likeness (QED) is 0.393. The van der Waals surface area contributed by atoms with Gasteiger partial charge in [-0.2, -0.15) is 0 Å². The number of rotatable bonds is 7. The maximum absolute atomic E-state index is 14.1. The van der Waals surface area contributed by atoms with E-state index in [1.165, 1.54) is 17.8 Å². The van der Waals surface area contributed by atoms with Gasteiger partial charge in [0.25, 0.3) is 0 Å². The molecule has 0 aliphatic carbocycles. The summed E-state index contributed by atoms with van der Waals surface area (Å²) >= 11 is 19.8. The van der Waals surface area contributed by atoms with E-state index in [9.17, 15) is 9.50 Å². The zero-order valence-electron chi connectivity index (χ0n) is 15.9. The van der Waals surface area contributed by atoms with Crippen molar-refractivity contribution in [2.45, 2.75) is 36.7 Å². The molecule has 1 aromatic heterocycles. The molecule has 0 aliphatic rings. The monoisotopic (exact) mass is 472 g/mol. The molecule has 0 amide bonds. The molecule has 154 valence electrons. The Hall–Kier alpha value is -1.24. The van der Waals surface area contributed by atoms with Crippen molar-refractivity contribution in [1.82, 2.24) is 9.55 Å². The summed E-state index contributed by atoms with van der Waals surface area (Å²) in [5.74, 6) is -0.0118. The normalized spacial score (nSPS) is 11.8. The number of thioether (sulfide) groups is 1. The first kappa shape index (κ1) is 22.4. The minimum Gasteiger partial charge on any atom is -0.395 e. The van der Waals surface area contributed by atoms with E-state index in [0.717, 1.165) is 11.3 Å². The van der Waals surface area contributed by atoms with Crippen LogP contribution in [-0.2, 0) is 17.7 Å². The molecule has 3 aromatic rings. The van der Waals surface area contributed by atoms with Crippen LogP contribution in [0.1, 0.15) is 30.7 Å². The summed E-state index contributed by atoms with van der Waals surface area (Å²) in [7, 11) is 0. The van der Waals surface area contributed by atoms with Crippen molar-refractivity contribution in [3.8, 4) is 0 Å². The molecule has 0 saturated heterocycles. The highest BCUT2D eigenvalue weighted by molar-refractivity contribution is 7.98. The average Bonchev–Trinajstić information content (AvgIpc) is 3.07. The number of aliphatic hydroxyl groups is 1. The highest BCUT2D eigenvalue weighted by Crippen LogP contribution is 2.37. The van der Waals surface area contributed by atoms with Gasteiger partial charge in [0.2, 0.25) is 0 Å². The molecule has 0 radical (unpaired) electrons. The lowest BCUT2D eigenvalue weighted by molar-refractivity contribution is 0.267. The van der Waals surface area contributed by atoms with E-state index in [-0.39, 0.29) is 12.4 Å². The van der Waals surface area contributed by atoms with Crippen LogP contribution in [-0.4, -0.2) is 21.3 Å². The Morgan fingerprint density at radius 3 is 2.52 bits per heavy atom. The van der Waals surface area contributed by atoms with Gasteiger partial charge >= 0.3 is 0 Å². The van der Waals surface area contributed by atoms with E-state index in [1.807, 2.05) is 16.7 Å². The van der Waals surface area contributed by atoms with Crippen LogP contribution in [0.3, 0.4) is 0 Å². The molecule has 29 heavy (non-hydrogen) atoms. The topological polar surface area (TPSA) is 38.0 Å². The molecule has 0 fully saturated rings. The Labute approximate surface area is 188 Å². The van der Waals surface area contributed by atoms with E-state index in [1.54, 1.807) is 24.4 Å². The number of nitrogens with zero attached hydrogens (tertiary/aromatic N) is 2. The van der Waals surface area contributed by atoms with E-state index in [4.69, 9.17) is 34.8 Å². The van der Waals surface area contributed by atoms with Crippen molar-refractivity contribution in [2.75, 3.05) is 6.61 Å². The molecule has 1 N–H and O–H groups in total. The molecule has 3 rings (SSSR count). The fourth-order valence-electron chi connectivity index (χ4n) is 3.13. The van der Waals surface area contributed by atoms with Crippen molar-refractivity contribution in [3.05, 3.63) is 80.3 Å². The zero-order valence-corrected chi connectivity index (χ0v) is 19.0. The first-order valence-electron chi connectivity index (χ1n) is 8.93. The summed E-state index contributed by atoms with van der Waals surface area (Å²) in [5.41, 5.74) is 1.87. The van der Waals surface area contributed by atoms with Crippen LogP contribution in [0.25, 0.3) is 0 Å². The summed E-state index contributed by atoms with van der Waals surface area (Å²) < 4.78 is 16.0. The van der Waals surface area contributed by atoms with Gasteiger partial charge in [-0.3, -0.25) is 0 Å². The van der Waals surface area contributed by atoms with E-state index in [2.05, 4.69) is 18.8 Å². The van der Waals surface area contributed by atoms with Crippen molar-refractivity contribution in [3.63, 3.8) is 0 Å². The molecule has 0 spiro atoms. The van der Waals surface area contributed by atoms with Crippen LogP contribution in [0.4, 0.5) is 4.39 Å². The Balaban J connectivity index is 1.94. The first-order valence-corrected chi connectivity index (χ1v) is 11.1. The molecule has 0 unspecified atom stereocenters. The summed E-state index contributed by atoms with van der Waals surface area (Å²) in [6.07, 6.45) is 1.78. The standard InChI is InChI=1S/C21H20Cl3FN2OS/c1-21(2,13-6-7-16(23)17(24)10-13)19-11-26-20(27(19)8-9-28)29-12-14-15(22)4-3-5-18(14)25/h3-7,10-11,28H,8-9,12H2,1-2H3. The van der Waals surface area contributed by atoms with Gasteiger partial charge < -0.3 is 9.67 Å². The molecule has 0 aliphatic heterocycles. The van der Waals surface area contributed by atoms with Crippen LogP contribution in [0.2, 0.25) is 15.1 Å². The van der Waals surface area contributed by atoms with Crippen molar-refractivity contribution < 1.29 is 9.50 Å². The molecule has 2 aromatic carbocycles. The Morgan fingerprint density at radius 2 is 1.86 bits per heavy atom. The second-order valence-corrected chi connectivity index (χ2v) is 9.21. The predicted molar refractivity (Wildman–Crippen MR) is 119 cm³/mol. The molecule has 0 bridgehead atoms. The highest BCUT2D eigenvalue weighted by atomic mass is 35.5. The fraction of sp³-hybridized carbons (Fsp3) is 0.286. The molecular weight excluding hydrogens is 454 g/mol. The number of imidazole rings is 1. The first-order chi connectivity index (χ1) is 13.8. The maximum atomic E-state index is 14.1. The molecule has 0 saturated carbocycles. The van der Waals surface area contributed by atoms with Gasteiger partial charge in [-0.1, -0.05) is 72.5 Å². The van der Waals surface area contributed by atoms with E-state index >= 15 is 0 Å². The second-order valence-electron chi connectivity index (χ2n) is 7.04. The smallest absolute Gasteiger partial charge is 0.168 e. The van der Waals surface area contributed by atoms with Crippen molar-refractivity contribution >= 4 is 46.6 Å². The zero-order chi connectivity index (χ0) is 21.2. The van der Waals surface area contributed by atoms with Crippen molar-refractivity contribution in [2.24, 2.45) is 0 Å². The molecular formula is C21H20Cl3FN2OS. The number of benzene rings is 2. The third-order valence-corrected chi connectivity index (χ3v) is 6.94. The lowest BCUT2D eigenvalue weighted by atomic mass is 9.81. The van der Waals surface area contributed by atoms with Crippen LogP contribution in [0.5, 0.6) is 0 Å². The summed E-state index contributed by atoms with van der Waals surface area (Å²) in [6, 6.07) is 10.2. The summed E-state index contributed by atoms with van der Waals surface area (Å²) in [6.45, 7) is 4.43. The van der Waals surface area contributed by atoms with Crippen LogP contribution in [0, 0.1) is 5.82 Å². The summed E-state index contributed by atoms with van der Waals surface area (Å²) in [4.78, 5) is 4.53. The van der Waals surface area contributed by atoms with E-state index in [0.29, 0.717) is 38.1 Å². The lowest BCUT2D eigenvalue weighted by Gasteiger charge is -2.27. The van der Waals surface area contributed by atoms with Gasteiger partial charge in [-0.25, -0.2) is 9.37 Å². The summed E-state index contributed by atoms with van der Waals surface area (Å²) in [5, 5.41) is 11.6. The van der Waals surface area contributed by atoms with Gasteiger partial charge in [-0.15, -0.1) is 0 Å². The minimum atomic E-state index is -0.440. The Bertz CT molecular complexity index is 1000. The van der Waals surface area contributed by atoms with Gasteiger partial charge in [0.1, 0.15) is 5.82 Å². The number of hydrogen-bond donors (Lipinski definition) is 1. The van der Waals surface area contributed by atoms with Crippen molar-refractivity contribution in [1.29, 1.82) is 0 Å². The Morgan fingerprint density at radius 1 is 1.10 bits per heavy atom. The lowest BCUT2D eigenvalue weighted by Crippen LogP contribution is -2.24. The maximum Gasteiger partial charge on any atom is 0.168 e. The number of aliphatic hydroxyl groups excluding tert-OH is 1. The van der Waals surface area contributed by atoms with Crippen LogP contribution in [0.15, 0.2) is 47.8 Å². The average molecular weight is 474 g/mol. The van der Waals surface area contributed by atoms with E-state index < -0.39 is 5.41 Å². The number of aromatic nitrogens is 2. The van der Waals surface area contributed by atoms with Gasteiger partial charge in [0.15, 0.2) is 5.16 Å². The largest absolute Gasteiger partial charge is 0.395 e. The number of hydrogen-bond acceptors (Lipinski definition) is 3. The fourth-order valence-corrected chi connectivity index (χ4v) is 4.78. The van der Waals surface area contributed by atoms with Gasteiger partial charge in [-0.05, 0) is 29.8 Å². The molecule has 3 nitrogen and oxygen atoms in total. The number of halogens is 4. The second kappa shape index (κ2) is 9.27. The molecule has 8 heteroatoms. The minimum absolute atomic E-state index is 0.0468. The predicted octanol–water partition coefficient (Wildman–Crippen LogP) is 6.59. The van der Waals surface area contributed by atoms with Crippen LogP contribution < -0.4 is 0 Å². The third-order valence-electron chi connectivity index (χ3n) is 4.83. The highest BCUT2D eigenvalue weighted by Gasteiger charge is 2.29. The van der Waals surface area contributed by atoms with Crippen LogP contribution >= 0.6 is 46.6 Å². The van der Waals surface area contributed by atoms with Gasteiger partial charge in [0, 0.05) is 34.0 Å². The van der Waals surface area contributed by atoms with Gasteiger partial charge in [0.05, 0.1) is 22.8 Å². The molecule has 0 atom stereocenters.